The number of benzene rings is 1. The van der Waals surface area contributed by atoms with Gasteiger partial charge in [-0.3, -0.25) is 4.79 Å². The largest absolute Gasteiger partial charge is 0.383 e. The first-order chi connectivity index (χ1) is 8.09. The van der Waals surface area contributed by atoms with E-state index < -0.39 is 0 Å². The molecule has 92 valence electrons. The molecule has 0 radical (unpaired) electrons. The lowest BCUT2D eigenvalue weighted by Gasteiger charge is -2.09. The van der Waals surface area contributed by atoms with Crippen molar-refractivity contribution in [3.63, 3.8) is 0 Å². The lowest BCUT2D eigenvalue weighted by atomic mass is 10.0. The summed E-state index contributed by atoms with van der Waals surface area (Å²) in [7, 11) is 3.78. The van der Waals surface area contributed by atoms with E-state index in [1.54, 1.807) is 6.20 Å². The molecule has 1 aromatic rings. The van der Waals surface area contributed by atoms with Gasteiger partial charge in [0.2, 0.25) is 5.91 Å². The zero-order chi connectivity index (χ0) is 12.7. The Hall–Kier alpha value is -1.77. The number of amides is 1. The van der Waals surface area contributed by atoms with E-state index in [0.29, 0.717) is 5.57 Å². The van der Waals surface area contributed by atoms with E-state index >= 15 is 0 Å². The Kier molecular flexibility index (Phi) is 5.27. The van der Waals surface area contributed by atoms with Crippen LogP contribution in [0.5, 0.6) is 0 Å². The summed E-state index contributed by atoms with van der Waals surface area (Å²) in [6.45, 7) is 0. The molecule has 0 aromatic heterocycles. The fourth-order valence-electron chi connectivity index (χ4n) is 1.69. The minimum absolute atomic E-state index is 0.327. The highest BCUT2D eigenvalue weighted by molar-refractivity contribution is 5.91. The third kappa shape index (κ3) is 5.20. The topological polar surface area (TPSA) is 46.3 Å². The van der Waals surface area contributed by atoms with Crippen molar-refractivity contribution in [2.24, 2.45) is 5.73 Å². The van der Waals surface area contributed by atoms with Gasteiger partial charge in [-0.15, -0.1) is 0 Å². The smallest absolute Gasteiger partial charge is 0.246 e. The Morgan fingerprint density at radius 3 is 2.47 bits per heavy atom. The molecule has 0 bridgehead atoms. The van der Waals surface area contributed by atoms with Crippen LogP contribution >= 0.6 is 0 Å². The number of rotatable bonds is 6. The second-order valence-electron chi connectivity index (χ2n) is 4.32. The summed E-state index contributed by atoms with van der Waals surface area (Å²) in [4.78, 5) is 13.1. The maximum atomic E-state index is 11.2. The van der Waals surface area contributed by atoms with Crippen LogP contribution < -0.4 is 5.73 Å². The monoisotopic (exact) mass is 232 g/mol. The van der Waals surface area contributed by atoms with Crippen LogP contribution in [-0.4, -0.2) is 24.9 Å². The molecule has 0 spiro atoms. The molecule has 0 unspecified atom stereocenters. The molecule has 1 amide bonds. The van der Waals surface area contributed by atoms with Gasteiger partial charge in [0.1, 0.15) is 0 Å². The predicted octanol–water partition coefficient (Wildman–Crippen LogP) is 1.94. The molecule has 0 aliphatic rings. The molecule has 2 N–H and O–H groups in total. The van der Waals surface area contributed by atoms with E-state index in [1.807, 2.05) is 37.2 Å². The summed E-state index contributed by atoms with van der Waals surface area (Å²) < 4.78 is 0. The van der Waals surface area contributed by atoms with E-state index in [0.717, 1.165) is 19.3 Å². The number of hydrogen-bond donors (Lipinski definition) is 1. The van der Waals surface area contributed by atoms with Crippen LogP contribution in [0.2, 0.25) is 0 Å². The van der Waals surface area contributed by atoms with Crippen LogP contribution in [0.15, 0.2) is 42.1 Å². The summed E-state index contributed by atoms with van der Waals surface area (Å²) in [5.74, 6) is -0.327. The third-order valence-corrected chi connectivity index (χ3v) is 2.48. The Morgan fingerprint density at radius 2 is 1.94 bits per heavy atom. The van der Waals surface area contributed by atoms with Gasteiger partial charge in [0.05, 0.1) is 0 Å². The van der Waals surface area contributed by atoms with Gasteiger partial charge in [0.25, 0.3) is 0 Å². The van der Waals surface area contributed by atoms with Crippen molar-refractivity contribution in [1.29, 1.82) is 0 Å². The molecule has 0 fully saturated rings. The Morgan fingerprint density at radius 1 is 1.29 bits per heavy atom. The molecule has 0 aliphatic heterocycles. The van der Waals surface area contributed by atoms with Crippen molar-refractivity contribution < 1.29 is 4.79 Å². The molecule has 17 heavy (non-hydrogen) atoms. The number of aryl methyl sites for hydroxylation is 1. The van der Waals surface area contributed by atoms with Crippen LogP contribution in [0.4, 0.5) is 0 Å². The van der Waals surface area contributed by atoms with Crippen LogP contribution in [-0.2, 0) is 11.2 Å². The van der Waals surface area contributed by atoms with E-state index in [4.69, 9.17) is 5.73 Å². The molecule has 3 nitrogen and oxygen atoms in total. The predicted molar refractivity (Wildman–Crippen MR) is 70.3 cm³/mol. The third-order valence-electron chi connectivity index (χ3n) is 2.48. The van der Waals surface area contributed by atoms with Crippen molar-refractivity contribution in [2.75, 3.05) is 14.1 Å². The molecule has 1 rings (SSSR count). The van der Waals surface area contributed by atoms with Gasteiger partial charge in [0, 0.05) is 25.9 Å². The molecular weight excluding hydrogens is 212 g/mol. The molecule has 0 atom stereocenters. The van der Waals surface area contributed by atoms with Crippen molar-refractivity contribution in [3.8, 4) is 0 Å². The molecule has 3 heteroatoms. The minimum atomic E-state index is -0.327. The Bertz CT molecular complexity index is 382. The van der Waals surface area contributed by atoms with Crippen LogP contribution in [0, 0.1) is 0 Å². The van der Waals surface area contributed by atoms with Gasteiger partial charge in [-0.1, -0.05) is 30.3 Å². The maximum Gasteiger partial charge on any atom is 0.246 e. The summed E-state index contributed by atoms with van der Waals surface area (Å²) in [6, 6.07) is 10.3. The fourth-order valence-corrected chi connectivity index (χ4v) is 1.69. The van der Waals surface area contributed by atoms with Gasteiger partial charge < -0.3 is 10.6 Å². The van der Waals surface area contributed by atoms with Gasteiger partial charge in [-0.25, -0.2) is 0 Å². The molecule has 0 heterocycles. The van der Waals surface area contributed by atoms with Crippen LogP contribution in [0.3, 0.4) is 0 Å². The van der Waals surface area contributed by atoms with Crippen LogP contribution in [0.1, 0.15) is 18.4 Å². The first-order valence-corrected chi connectivity index (χ1v) is 5.80. The second-order valence-corrected chi connectivity index (χ2v) is 4.32. The van der Waals surface area contributed by atoms with Gasteiger partial charge in [-0.2, -0.15) is 0 Å². The van der Waals surface area contributed by atoms with Gasteiger partial charge >= 0.3 is 0 Å². The lowest BCUT2D eigenvalue weighted by molar-refractivity contribution is -0.114. The summed E-state index contributed by atoms with van der Waals surface area (Å²) in [5, 5.41) is 0. The zero-order valence-corrected chi connectivity index (χ0v) is 10.5. The summed E-state index contributed by atoms with van der Waals surface area (Å²) >= 11 is 0. The van der Waals surface area contributed by atoms with Gasteiger partial charge in [0.15, 0.2) is 0 Å². The molecular formula is C14H20N2O. The average Bonchev–Trinajstić information content (AvgIpc) is 2.28. The highest BCUT2D eigenvalue weighted by Gasteiger charge is 2.05. The summed E-state index contributed by atoms with van der Waals surface area (Å²) in [6.07, 6.45) is 4.43. The normalized spacial score (nSPS) is 11.3. The van der Waals surface area contributed by atoms with Gasteiger partial charge in [-0.05, 0) is 24.8 Å². The second kappa shape index (κ2) is 6.74. The quantitative estimate of drug-likeness (QED) is 0.762. The van der Waals surface area contributed by atoms with E-state index in [1.165, 1.54) is 5.56 Å². The standard InChI is InChI=1S/C14H20N2O/c1-16(2)11-13(14(15)17)10-6-9-12-7-4-3-5-8-12/h3-5,7-8,11H,6,9-10H2,1-2H3,(H2,15,17). The summed E-state index contributed by atoms with van der Waals surface area (Å²) in [5.41, 5.74) is 7.31. The maximum absolute atomic E-state index is 11.2. The SMILES string of the molecule is CN(C)C=C(CCCc1ccccc1)C(N)=O. The minimum Gasteiger partial charge on any atom is -0.383 e. The van der Waals surface area contributed by atoms with E-state index in [-0.39, 0.29) is 5.91 Å². The molecule has 0 saturated heterocycles. The number of hydrogen-bond acceptors (Lipinski definition) is 2. The van der Waals surface area contributed by atoms with Crippen molar-refractivity contribution in [1.82, 2.24) is 4.90 Å². The molecule has 0 saturated carbocycles. The Labute approximate surface area is 103 Å². The average molecular weight is 232 g/mol. The number of carbonyl (C=O) groups is 1. The number of primary amides is 1. The van der Waals surface area contributed by atoms with Crippen molar-refractivity contribution >= 4 is 5.91 Å². The molecule has 1 aromatic carbocycles. The van der Waals surface area contributed by atoms with E-state index in [2.05, 4.69) is 12.1 Å². The first-order valence-electron chi connectivity index (χ1n) is 5.80. The highest BCUT2D eigenvalue weighted by atomic mass is 16.1. The number of carbonyl (C=O) groups excluding carboxylic acids is 1. The number of nitrogens with zero attached hydrogens (tertiary/aromatic N) is 1. The van der Waals surface area contributed by atoms with Crippen molar-refractivity contribution in [2.45, 2.75) is 19.3 Å². The number of nitrogens with two attached hydrogens (primary N) is 1. The Balaban J connectivity index is 2.46. The lowest BCUT2D eigenvalue weighted by Crippen LogP contribution is -2.17. The van der Waals surface area contributed by atoms with Crippen LogP contribution in [0.25, 0.3) is 0 Å². The van der Waals surface area contributed by atoms with E-state index in [9.17, 15) is 4.79 Å². The molecule has 0 aliphatic carbocycles. The van der Waals surface area contributed by atoms with Crippen molar-refractivity contribution in [3.05, 3.63) is 47.7 Å². The zero-order valence-electron chi connectivity index (χ0n) is 10.5. The fraction of sp³-hybridized carbons (Fsp3) is 0.357. The first kappa shape index (κ1) is 13.3. The highest BCUT2D eigenvalue weighted by Crippen LogP contribution is 2.10.